The fraction of sp³-hybridized carbons (Fsp3) is 0.250. The Hall–Kier alpha value is -4.54. The van der Waals surface area contributed by atoms with Crippen molar-refractivity contribution in [2.24, 2.45) is 5.10 Å². The smallest absolute Gasteiger partial charge is 0.294 e. The predicted molar refractivity (Wildman–Crippen MR) is 128 cm³/mol. The summed E-state index contributed by atoms with van der Waals surface area (Å²) in [5, 5.41) is 20.1. The van der Waals surface area contributed by atoms with E-state index >= 15 is 0 Å². The average molecular weight is 473 g/mol. The third kappa shape index (κ3) is 4.47. The number of nitrogens with zero attached hydrogens (tertiary/aromatic N) is 6. The molecular formula is C24H24N8O3. The van der Waals surface area contributed by atoms with Crippen molar-refractivity contribution in [3.63, 3.8) is 0 Å². The normalized spacial score (nSPS) is 14.0. The van der Waals surface area contributed by atoms with Crippen molar-refractivity contribution in [2.75, 3.05) is 12.3 Å². The van der Waals surface area contributed by atoms with Crippen molar-refractivity contribution in [3.8, 4) is 22.8 Å². The Morgan fingerprint density at radius 1 is 1.17 bits per heavy atom. The van der Waals surface area contributed by atoms with Crippen LogP contribution in [0.3, 0.4) is 0 Å². The number of rotatable bonds is 7. The standard InChI is InChI=1S/C24H24N8O3/c1-2-14-34-17-12-10-16(11-13-17)21-20(27-31-32(21)23-22(25)29-35-30-23)24(33)28-26-19-9-5-7-15-6-3-4-8-18(15)19/h3-4,6,8,10-13H,2,5,7,9,14H2,1H3,(H2,25,29)(H,28,33)/b26-19-. The highest BCUT2D eigenvalue weighted by Crippen LogP contribution is 2.28. The predicted octanol–water partition coefficient (Wildman–Crippen LogP) is 3.16. The number of nitrogen functional groups attached to an aromatic ring is 1. The summed E-state index contributed by atoms with van der Waals surface area (Å²) in [6.45, 7) is 2.65. The second-order valence-corrected chi connectivity index (χ2v) is 8.05. The first-order valence-electron chi connectivity index (χ1n) is 11.4. The Morgan fingerprint density at radius 2 is 2.00 bits per heavy atom. The molecule has 35 heavy (non-hydrogen) atoms. The molecule has 2 aromatic carbocycles. The van der Waals surface area contributed by atoms with E-state index in [9.17, 15) is 4.79 Å². The van der Waals surface area contributed by atoms with E-state index in [1.54, 1.807) is 0 Å². The topological polar surface area (TPSA) is 146 Å². The van der Waals surface area contributed by atoms with Crippen LogP contribution in [0.4, 0.5) is 5.82 Å². The molecule has 0 radical (unpaired) electrons. The van der Waals surface area contributed by atoms with Gasteiger partial charge in [-0.15, -0.1) is 5.10 Å². The molecule has 178 valence electrons. The molecular weight excluding hydrogens is 448 g/mol. The molecule has 3 N–H and O–H groups in total. The number of amides is 1. The van der Waals surface area contributed by atoms with E-state index < -0.39 is 5.91 Å². The lowest BCUT2D eigenvalue weighted by Crippen LogP contribution is -2.23. The van der Waals surface area contributed by atoms with Gasteiger partial charge in [-0.1, -0.05) is 36.4 Å². The van der Waals surface area contributed by atoms with Crippen LogP contribution in [-0.2, 0) is 6.42 Å². The second kappa shape index (κ2) is 9.75. The van der Waals surface area contributed by atoms with Crippen molar-refractivity contribution in [1.82, 2.24) is 30.7 Å². The highest BCUT2D eigenvalue weighted by Gasteiger charge is 2.25. The zero-order chi connectivity index (χ0) is 24.2. The number of carbonyl (C=O) groups excluding carboxylic acids is 1. The lowest BCUT2D eigenvalue weighted by molar-refractivity contribution is 0.0950. The fourth-order valence-electron chi connectivity index (χ4n) is 4.00. The van der Waals surface area contributed by atoms with Crippen molar-refractivity contribution >= 4 is 17.4 Å². The molecule has 11 heteroatoms. The number of aromatic nitrogens is 5. The Kier molecular flexibility index (Phi) is 6.20. The summed E-state index contributed by atoms with van der Waals surface area (Å²) in [7, 11) is 0. The van der Waals surface area contributed by atoms with Gasteiger partial charge in [0.05, 0.1) is 12.3 Å². The number of hydrogen-bond acceptors (Lipinski definition) is 9. The number of aryl methyl sites for hydroxylation is 1. The largest absolute Gasteiger partial charge is 0.494 e. The SMILES string of the molecule is CCCOc1ccc(-c2c(C(=O)N/N=C3/CCCc4ccccc43)nnn2-c2nonc2N)cc1. The number of nitrogens with one attached hydrogen (secondary N) is 1. The van der Waals surface area contributed by atoms with Crippen LogP contribution in [0.25, 0.3) is 17.1 Å². The monoisotopic (exact) mass is 472 g/mol. The van der Waals surface area contributed by atoms with Gasteiger partial charge in [0, 0.05) is 11.1 Å². The number of nitrogens with two attached hydrogens (primary N) is 1. The molecule has 5 rings (SSSR count). The summed E-state index contributed by atoms with van der Waals surface area (Å²) in [5.41, 5.74) is 12.7. The van der Waals surface area contributed by atoms with E-state index in [0.717, 1.165) is 37.0 Å². The van der Waals surface area contributed by atoms with Gasteiger partial charge in [-0.2, -0.15) is 9.78 Å². The fourth-order valence-corrected chi connectivity index (χ4v) is 4.00. The number of anilines is 1. The molecule has 0 unspecified atom stereocenters. The minimum Gasteiger partial charge on any atom is -0.494 e. The van der Waals surface area contributed by atoms with Crippen molar-refractivity contribution in [2.45, 2.75) is 32.6 Å². The Balaban J connectivity index is 1.49. The molecule has 1 aliphatic rings. The zero-order valence-corrected chi connectivity index (χ0v) is 19.1. The number of hydrogen-bond donors (Lipinski definition) is 2. The maximum atomic E-state index is 13.2. The number of benzene rings is 2. The molecule has 0 bridgehead atoms. The molecule has 0 saturated carbocycles. The summed E-state index contributed by atoms with van der Waals surface area (Å²) in [4.78, 5) is 13.2. The molecule has 0 spiro atoms. The first kappa shape index (κ1) is 22.3. The second-order valence-electron chi connectivity index (χ2n) is 8.05. The van der Waals surface area contributed by atoms with Crippen LogP contribution in [-0.4, -0.2) is 43.5 Å². The third-order valence-corrected chi connectivity index (χ3v) is 5.66. The Labute approximate surface area is 200 Å². The summed E-state index contributed by atoms with van der Waals surface area (Å²) in [6, 6.07) is 15.3. The van der Waals surface area contributed by atoms with Crippen molar-refractivity contribution < 1.29 is 14.2 Å². The summed E-state index contributed by atoms with van der Waals surface area (Å²) < 4.78 is 11.7. The molecule has 0 fully saturated rings. The Morgan fingerprint density at radius 3 is 2.77 bits per heavy atom. The van der Waals surface area contributed by atoms with E-state index in [2.05, 4.69) is 37.2 Å². The Bertz CT molecular complexity index is 1370. The van der Waals surface area contributed by atoms with Gasteiger partial charge in [-0.3, -0.25) is 4.79 Å². The average Bonchev–Trinajstić information content (AvgIpc) is 3.52. The maximum Gasteiger partial charge on any atom is 0.294 e. The van der Waals surface area contributed by atoms with Crippen LogP contribution in [0.15, 0.2) is 58.3 Å². The van der Waals surface area contributed by atoms with Gasteiger partial charge in [-0.25, -0.2) is 10.1 Å². The van der Waals surface area contributed by atoms with E-state index in [0.29, 0.717) is 23.6 Å². The quantitative estimate of drug-likeness (QED) is 0.390. The zero-order valence-electron chi connectivity index (χ0n) is 19.1. The summed E-state index contributed by atoms with van der Waals surface area (Å²) >= 11 is 0. The van der Waals surface area contributed by atoms with Crippen LogP contribution < -0.4 is 15.9 Å². The first-order valence-corrected chi connectivity index (χ1v) is 11.4. The molecule has 0 atom stereocenters. The molecule has 0 aliphatic heterocycles. The van der Waals surface area contributed by atoms with Crippen LogP contribution in [0, 0.1) is 0 Å². The molecule has 1 aliphatic carbocycles. The van der Waals surface area contributed by atoms with Gasteiger partial charge >= 0.3 is 0 Å². The first-order chi connectivity index (χ1) is 17.2. The van der Waals surface area contributed by atoms with Crippen molar-refractivity contribution in [1.29, 1.82) is 0 Å². The number of carbonyl (C=O) groups is 1. The molecule has 2 heterocycles. The van der Waals surface area contributed by atoms with Crippen LogP contribution in [0.5, 0.6) is 5.75 Å². The van der Waals surface area contributed by atoms with Crippen LogP contribution in [0.1, 0.15) is 47.8 Å². The third-order valence-electron chi connectivity index (χ3n) is 5.66. The molecule has 1 amide bonds. The minimum atomic E-state index is -0.511. The highest BCUT2D eigenvalue weighted by molar-refractivity contribution is 6.04. The minimum absolute atomic E-state index is 0.0186. The summed E-state index contributed by atoms with van der Waals surface area (Å²) in [6.07, 6.45) is 3.64. The number of fused-ring (bicyclic) bond motifs is 1. The van der Waals surface area contributed by atoms with E-state index in [1.807, 2.05) is 49.4 Å². The van der Waals surface area contributed by atoms with E-state index in [1.165, 1.54) is 10.2 Å². The van der Waals surface area contributed by atoms with Crippen LogP contribution in [0.2, 0.25) is 0 Å². The maximum absolute atomic E-state index is 13.2. The molecule has 11 nitrogen and oxygen atoms in total. The van der Waals surface area contributed by atoms with Crippen molar-refractivity contribution in [3.05, 3.63) is 65.4 Å². The molecule has 0 saturated heterocycles. The number of ether oxygens (including phenoxy) is 1. The lowest BCUT2D eigenvalue weighted by Gasteiger charge is -2.17. The van der Waals surface area contributed by atoms with Gasteiger partial charge in [-0.05, 0) is 65.8 Å². The van der Waals surface area contributed by atoms with Gasteiger partial charge in [0.1, 0.15) is 11.4 Å². The highest BCUT2D eigenvalue weighted by atomic mass is 16.6. The van der Waals surface area contributed by atoms with E-state index in [-0.39, 0.29) is 17.3 Å². The van der Waals surface area contributed by atoms with Gasteiger partial charge < -0.3 is 10.5 Å². The van der Waals surface area contributed by atoms with Gasteiger partial charge in [0.15, 0.2) is 5.69 Å². The van der Waals surface area contributed by atoms with Gasteiger partial charge in [0.2, 0.25) is 11.6 Å². The number of hydrazone groups is 1. The van der Waals surface area contributed by atoms with E-state index in [4.69, 9.17) is 15.1 Å². The summed E-state index contributed by atoms with van der Waals surface area (Å²) in [5.74, 6) is 0.351. The molecule has 4 aromatic rings. The van der Waals surface area contributed by atoms with Crippen LogP contribution >= 0.6 is 0 Å². The molecule has 2 aromatic heterocycles. The lowest BCUT2D eigenvalue weighted by atomic mass is 9.90. The van der Waals surface area contributed by atoms with Gasteiger partial charge in [0.25, 0.3) is 5.91 Å².